The standard InChI is InChI=1S/C21H20N2O3S/c1-4-7-23-16-10-17-18(26-12-25-17)11-19(16)27-21(23)22-20(24)9-15-6-5-13(2)8-14(15)3/h4-6,8,10-11H,1,7,9,12H2,2-3H3. The quantitative estimate of drug-likeness (QED) is 0.645. The Balaban J connectivity index is 1.74. The van der Waals surface area contributed by atoms with E-state index in [9.17, 15) is 4.79 Å². The Bertz CT molecular complexity index is 1120. The van der Waals surface area contributed by atoms with Gasteiger partial charge in [-0.05, 0) is 25.0 Å². The lowest BCUT2D eigenvalue weighted by Crippen LogP contribution is -2.17. The first-order valence-electron chi connectivity index (χ1n) is 8.72. The Kier molecular flexibility index (Phi) is 4.58. The zero-order chi connectivity index (χ0) is 19.0. The van der Waals surface area contributed by atoms with Gasteiger partial charge in [0.25, 0.3) is 5.91 Å². The van der Waals surface area contributed by atoms with Crippen molar-refractivity contribution in [3.63, 3.8) is 0 Å². The molecule has 0 unspecified atom stereocenters. The molecule has 0 saturated heterocycles. The summed E-state index contributed by atoms with van der Waals surface area (Å²) in [6, 6.07) is 9.98. The van der Waals surface area contributed by atoms with Crippen molar-refractivity contribution in [2.45, 2.75) is 26.8 Å². The molecular weight excluding hydrogens is 360 g/mol. The van der Waals surface area contributed by atoms with Gasteiger partial charge in [-0.1, -0.05) is 41.2 Å². The van der Waals surface area contributed by atoms with Gasteiger partial charge in [0.2, 0.25) is 6.79 Å². The van der Waals surface area contributed by atoms with Crippen molar-refractivity contribution in [1.82, 2.24) is 4.57 Å². The Morgan fingerprint density at radius 3 is 2.78 bits per heavy atom. The number of allylic oxidation sites excluding steroid dienone is 1. The number of nitrogens with zero attached hydrogens (tertiary/aromatic N) is 2. The van der Waals surface area contributed by atoms with Gasteiger partial charge in [-0.2, -0.15) is 4.99 Å². The van der Waals surface area contributed by atoms with Crippen LogP contribution < -0.4 is 14.3 Å². The molecule has 2 heterocycles. The van der Waals surface area contributed by atoms with Crippen LogP contribution in [0, 0.1) is 13.8 Å². The minimum absolute atomic E-state index is 0.161. The lowest BCUT2D eigenvalue weighted by molar-refractivity contribution is -0.117. The van der Waals surface area contributed by atoms with Crippen LogP contribution in [0.15, 0.2) is 48.0 Å². The van der Waals surface area contributed by atoms with Crippen molar-refractivity contribution in [3.8, 4) is 11.5 Å². The largest absolute Gasteiger partial charge is 0.454 e. The normalized spacial score (nSPS) is 13.3. The Morgan fingerprint density at radius 2 is 2.04 bits per heavy atom. The van der Waals surface area contributed by atoms with Gasteiger partial charge < -0.3 is 14.0 Å². The number of thiazole rings is 1. The Labute approximate surface area is 161 Å². The van der Waals surface area contributed by atoms with Gasteiger partial charge in [-0.25, -0.2) is 0 Å². The summed E-state index contributed by atoms with van der Waals surface area (Å²) in [4.78, 5) is 17.7. The topological polar surface area (TPSA) is 52.8 Å². The molecule has 6 heteroatoms. The highest BCUT2D eigenvalue weighted by Gasteiger charge is 2.17. The van der Waals surface area contributed by atoms with Crippen molar-refractivity contribution in [1.29, 1.82) is 0 Å². The second kappa shape index (κ2) is 7.04. The van der Waals surface area contributed by atoms with Crippen molar-refractivity contribution < 1.29 is 14.3 Å². The first-order valence-corrected chi connectivity index (χ1v) is 9.54. The maximum absolute atomic E-state index is 12.6. The molecule has 0 atom stereocenters. The third-order valence-electron chi connectivity index (χ3n) is 4.55. The molecule has 0 spiro atoms. The highest BCUT2D eigenvalue weighted by Crippen LogP contribution is 2.36. The van der Waals surface area contributed by atoms with Crippen molar-refractivity contribution >= 4 is 27.5 Å². The molecule has 3 aromatic rings. The Morgan fingerprint density at radius 1 is 1.26 bits per heavy atom. The van der Waals surface area contributed by atoms with Crippen LogP contribution in [0.25, 0.3) is 10.2 Å². The molecule has 2 aromatic carbocycles. The molecule has 4 rings (SSSR count). The summed E-state index contributed by atoms with van der Waals surface area (Å²) in [5, 5.41) is 0. The summed E-state index contributed by atoms with van der Waals surface area (Å²) >= 11 is 1.47. The SMILES string of the molecule is C=CCn1c(=NC(=O)Cc2ccc(C)cc2C)sc2cc3c(cc21)OCO3. The van der Waals surface area contributed by atoms with E-state index in [2.05, 4.69) is 17.6 Å². The fraction of sp³-hybridized carbons (Fsp3) is 0.238. The fourth-order valence-electron chi connectivity index (χ4n) is 3.20. The molecule has 27 heavy (non-hydrogen) atoms. The van der Waals surface area contributed by atoms with Crippen LogP contribution in [0.1, 0.15) is 16.7 Å². The van der Waals surface area contributed by atoms with E-state index < -0.39 is 0 Å². The van der Waals surface area contributed by atoms with Crippen LogP contribution in [-0.2, 0) is 17.8 Å². The van der Waals surface area contributed by atoms with Crippen LogP contribution in [0.5, 0.6) is 11.5 Å². The number of fused-ring (bicyclic) bond motifs is 2. The molecule has 1 amide bonds. The van der Waals surface area contributed by atoms with E-state index in [1.54, 1.807) is 6.08 Å². The third-order valence-corrected chi connectivity index (χ3v) is 5.59. The van der Waals surface area contributed by atoms with Crippen LogP contribution >= 0.6 is 11.3 Å². The number of amides is 1. The van der Waals surface area contributed by atoms with E-state index in [1.807, 2.05) is 42.7 Å². The lowest BCUT2D eigenvalue weighted by atomic mass is 10.0. The predicted molar refractivity (Wildman–Crippen MR) is 106 cm³/mol. The van der Waals surface area contributed by atoms with Crippen LogP contribution in [0.2, 0.25) is 0 Å². The van der Waals surface area contributed by atoms with E-state index in [0.717, 1.165) is 27.1 Å². The summed E-state index contributed by atoms with van der Waals surface area (Å²) in [5.41, 5.74) is 4.26. The zero-order valence-corrected chi connectivity index (χ0v) is 16.1. The highest BCUT2D eigenvalue weighted by atomic mass is 32.1. The molecular formula is C21H20N2O3S. The first kappa shape index (κ1) is 17.5. The Hall–Kier alpha value is -2.86. The van der Waals surface area contributed by atoms with E-state index in [1.165, 1.54) is 16.9 Å². The maximum atomic E-state index is 12.6. The molecule has 0 aliphatic carbocycles. The van der Waals surface area contributed by atoms with E-state index >= 15 is 0 Å². The first-order chi connectivity index (χ1) is 13.0. The average Bonchev–Trinajstić information content (AvgIpc) is 3.20. The summed E-state index contributed by atoms with van der Waals surface area (Å²) < 4.78 is 13.9. The summed E-state index contributed by atoms with van der Waals surface area (Å²) in [7, 11) is 0. The van der Waals surface area contributed by atoms with Crippen LogP contribution in [-0.4, -0.2) is 17.3 Å². The van der Waals surface area contributed by atoms with E-state index in [0.29, 0.717) is 17.1 Å². The molecule has 1 aromatic heterocycles. The van der Waals surface area contributed by atoms with Gasteiger partial charge in [0.05, 0.1) is 16.6 Å². The molecule has 0 bridgehead atoms. The number of ether oxygens (including phenoxy) is 2. The molecule has 0 fully saturated rings. The van der Waals surface area contributed by atoms with Crippen molar-refractivity contribution in [2.24, 2.45) is 4.99 Å². The molecule has 0 radical (unpaired) electrons. The van der Waals surface area contributed by atoms with Crippen LogP contribution in [0.3, 0.4) is 0 Å². The zero-order valence-electron chi connectivity index (χ0n) is 15.3. The molecule has 1 aliphatic rings. The second-order valence-electron chi connectivity index (χ2n) is 6.57. The van der Waals surface area contributed by atoms with Gasteiger partial charge in [-0.15, -0.1) is 6.58 Å². The van der Waals surface area contributed by atoms with E-state index in [4.69, 9.17) is 9.47 Å². The fourth-order valence-corrected chi connectivity index (χ4v) is 4.27. The van der Waals surface area contributed by atoms with Gasteiger partial charge >= 0.3 is 0 Å². The van der Waals surface area contributed by atoms with Gasteiger partial charge in [-0.3, -0.25) is 4.79 Å². The van der Waals surface area contributed by atoms with Gasteiger partial charge in [0.1, 0.15) is 0 Å². The predicted octanol–water partition coefficient (Wildman–Crippen LogP) is 3.90. The number of carbonyl (C=O) groups excluding carboxylic acids is 1. The molecule has 5 nitrogen and oxygen atoms in total. The number of benzene rings is 2. The second-order valence-corrected chi connectivity index (χ2v) is 7.58. The third kappa shape index (κ3) is 3.40. The average molecular weight is 380 g/mol. The maximum Gasteiger partial charge on any atom is 0.252 e. The van der Waals surface area contributed by atoms with Crippen molar-refractivity contribution in [2.75, 3.05) is 6.79 Å². The summed E-state index contributed by atoms with van der Waals surface area (Å²) in [6.45, 7) is 8.69. The number of carbonyl (C=O) groups is 1. The number of aromatic nitrogens is 1. The van der Waals surface area contributed by atoms with Gasteiger partial charge in [0.15, 0.2) is 16.3 Å². The number of rotatable bonds is 4. The summed E-state index contributed by atoms with van der Waals surface area (Å²) in [5.74, 6) is 1.28. The van der Waals surface area contributed by atoms with E-state index in [-0.39, 0.29) is 19.1 Å². The van der Waals surface area contributed by atoms with Crippen LogP contribution in [0.4, 0.5) is 0 Å². The number of hydrogen-bond acceptors (Lipinski definition) is 4. The molecule has 1 aliphatic heterocycles. The number of hydrogen-bond donors (Lipinski definition) is 0. The monoisotopic (exact) mass is 380 g/mol. The minimum Gasteiger partial charge on any atom is -0.454 e. The minimum atomic E-state index is -0.161. The molecule has 0 N–H and O–H groups in total. The smallest absolute Gasteiger partial charge is 0.252 e. The summed E-state index contributed by atoms with van der Waals surface area (Å²) in [6.07, 6.45) is 2.08. The molecule has 0 saturated carbocycles. The van der Waals surface area contributed by atoms with Crippen molar-refractivity contribution in [3.05, 3.63) is 64.5 Å². The number of aryl methyl sites for hydroxylation is 2. The van der Waals surface area contributed by atoms with Gasteiger partial charge in [0, 0.05) is 18.7 Å². The molecule has 138 valence electrons. The highest BCUT2D eigenvalue weighted by molar-refractivity contribution is 7.16. The lowest BCUT2D eigenvalue weighted by Gasteiger charge is -2.04.